The van der Waals surface area contributed by atoms with E-state index in [0.29, 0.717) is 16.5 Å². The fourth-order valence-corrected chi connectivity index (χ4v) is 3.32. The molecule has 0 aromatic heterocycles. The molecule has 11 heavy (non-hydrogen) atoms. The summed E-state index contributed by atoms with van der Waals surface area (Å²) in [7, 11) is 0. The summed E-state index contributed by atoms with van der Waals surface area (Å²) >= 11 is 0. The zero-order valence-electron chi connectivity index (χ0n) is 8.12. The van der Waals surface area contributed by atoms with E-state index in [1.165, 1.54) is 19.3 Å². The highest BCUT2D eigenvalue weighted by Gasteiger charge is 2.65. The molecule has 0 aromatic rings. The highest BCUT2D eigenvalue weighted by molar-refractivity contribution is 5.23. The molecule has 0 radical (unpaired) electrons. The van der Waals surface area contributed by atoms with Crippen LogP contribution in [-0.2, 0) is 0 Å². The molecule has 2 atom stereocenters. The Labute approximate surface area is 69.6 Å². The van der Waals surface area contributed by atoms with Gasteiger partial charge in [-0.25, -0.2) is 0 Å². The van der Waals surface area contributed by atoms with Crippen LogP contribution in [0.15, 0.2) is 0 Å². The fraction of sp³-hybridized carbons (Fsp3) is 1.00. The van der Waals surface area contributed by atoms with Gasteiger partial charge >= 0.3 is 0 Å². The Morgan fingerprint density at radius 1 is 1.00 bits per heavy atom. The second kappa shape index (κ2) is 1.66. The molecule has 0 aromatic carbocycles. The van der Waals surface area contributed by atoms with Crippen molar-refractivity contribution in [2.45, 2.75) is 58.0 Å². The maximum Gasteiger partial charge on any atom is 0.0229 e. The van der Waals surface area contributed by atoms with Crippen LogP contribution in [0.1, 0.15) is 47.0 Å². The Balaban J connectivity index is 2.33. The second-order valence-corrected chi connectivity index (χ2v) is 5.27. The van der Waals surface area contributed by atoms with E-state index in [1.807, 2.05) is 0 Å². The van der Waals surface area contributed by atoms with Gasteiger partial charge in [0.25, 0.3) is 0 Å². The molecule has 2 unspecified atom stereocenters. The van der Waals surface area contributed by atoms with Gasteiger partial charge in [-0.05, 0) is 33.6 Å². The van der Waals surface area contributed by atoms with E-state index in [1.54, 1.807) is 0 Å². The van der Waals surface area contributed by atoms with Crippen LogP contribution in [0.25, 0.3) is 0 Å². The van der Waals surface area contributed by atoms with Crippen LogP contribution in [0.4, 0.5) is 0 Å². The first-order chi connectivity index (χ1) is 4.91. The summed E-state index contributed by atoms with van der Waals surface area (Å²) in [4.78, 5) is 0. The van der Waals surface area contributed by atoms with Gasteiger partial charge in [-0.1, -0.05) is 13.3 Å². The minimum atomic E-state index is 0.373. The van der Waals surface area contributed by atoms with E-state index in [2.05, 4.69) is 33.0 Å². The van der Waals surface area contributed by atoms with Crippen molar-refractivity contribution in [2.75, 3.05) is 0 Å². The largest absolute Gasteiger partial charge is 0.305 e. The number of fused-ring (bicyclic) bond motifs is 1. The van der Waals surface area contributed by atoms with Gasteiger partial charge < -0.3 is 5.32 Å². The van der Waals surface area contributed by atoms with Gasteiger partial charge in [0.05, 0.1) is 0 Å². The smallest absolute Gasteiger partial charge is 0.0229 e. The topological polar surface area (TPSA) is 12.0 Å². The number of rotatable bonds is 0. The molecule has 1 aliphatic heterocycles. The van der Waals surface area contributed by atoms with Crippen molar-refractivity contribution in [1.29, 1.82) is 0 Å². The fourth-order valence-electron chi connectivity index (χ4n) is 3.32. The summed E-state index contributed by atoms with van der Waals surface area (Å²) in [6, 6.07) is 0. The normalized spacial score (nSPS) is 53.5. The third-order valence-corrected chi connectivity index (χ3v) is 4.54. The number of hydrogen-bond acceptors (Lipinski definition) is 1. The lowest BCUT2D eigenvalue weighted by Crippen LogP contribution is -2.79. The molecule has 1 N–H and O–H groups in total. The van der Waals surface area contributed by atoms with E-state index in [-0.39, 0.29) is 0 Å². The van der Waals surface area contributed by atoms with Gasteiger partial charge in [0.15, 0.2) is 0 Å². The molecule has 0 spiro atoms. The lowest BCUT2D eigenvalue weighted by molar-refractivity contribution is -0.0792. The van der Waals surface area contributed by atoms with Crippen molar-refractivity contribution in [1.82, 2.24) is 5.32 Å². The summed E-state index contributed by atoms with van der Waals surface area (Å²) in [5, 5.41) is 3.70. The standard InChI is InChI=1S/C10H19N/c1-8(2)9(3)6-5-7-10(9,4)11-8/h11H,5-7H2,1-4H3. The molecular formula is C10H19N. The Morgan fingerprint density at radius 2 is 1.64 bits per heavy atom. The van der Waals surface area contributed by atoms with E-state index in [4.69, 9.17) is 0 Å². The van der Waals surface area contributed by atoms with Crippen LogP contribution >= 0.6 is 0 Å². The van der Waals surface area contributed by atoms with Gasteiger partial charge in [0, 0.05) is 16.5 Å². The zero-order chi connectivity index (χ0) is 8.33. The molecular weight excluding hydrogens is 134 g/mol. The van der Waals surface area contributed by atoms with E-state index >= 15 is 0 Å². The number of hydrogen-bond donors (Lipinski definition) is 1. The van der Waals surface area contributed by atoms with Gasteiger partial charge in [0.2, 0.25) is 0 Å². The lowest BCUT2D eigenvalue weighted by Gasteiger charge is -2.65. The Kier molecular flexibility index (Phi) is 1.15. The van der Waals surface area contributed by atoms with Crippen molar-refractivity contribution in [3.05, 3.63) is 0 Å². The molecule has 0 amide bonds. The third-order valence-electron chi connectivity index (χ3n) is 4.54. The van der Waals surface area contributed by atoms with Gasteiger partial charge in [-0.3, -0.25) is 0 Å². The van der Waals surface area contributed by atoms with Gasteiger partial charge in [-0.2, -0.15) is 0 Å². The van der Waals surface area contributed by atoms with Crippen molar-refractivity contribution < 1.29 is 0 Å². The maximum atomic E-state index is 3.70. The van der Waals surface area contributed by atoms with Crippen molar-refractivity contribution in [2.24, 2.45) is 5.41 Å². The molecule has 1 heteroatoms. The van der Waals surface area contributed by atoms with Gasteiger partial charge in [-0.15, -0.1) is 0 Å². The number of nitrogens with one attached hydrogen (secondary N) is 1. The quantitative estimate of drug-likeness (QED) is 0.563. The van der Waals surface area contributed by atoms with Crippen LogP contribution < -0.4 is 5.32 Å². The molecule has 1 aliphatic carbocycles. The first kappa shape index (κ1) is 7.60. The molecule has 1 saturated heterocycles. The highest BCUT2D eigenvalue weighted by Crippen LogP contribution is 2.60. The molecule has 2 rings (SSSR count). The van der Waals surface area contributed by atoms with Gasteiger partial charge in [0.1, 0.15) is 0 Å². The van der Waals surface area contributed by atoms with Crippen LogP contribution in [0.3, 0.4) is 0 Å². The van der Waals surface area contributed by atoms with Crippen LogP contribution in [-0.4, -0.2) is 11.1 Å². The lowest BCUT2D eigenvalue weighted by atomic mass is 9.54. The summed E-state index contributed by atoms with van der Waals surface area (Å²) in [6.45, 7) is 9.49. The predicted octanol–water partition coefficient (Wildman–Crippen LogP) is 2.32. The Hall–Kier alpha value is -0.0400. The third kappa shape index (κ3) is 0.618. The van der Waals surface area contributed by atoms with Crippen molar-refractivity contribution >= 4 is 0 Å². The molecule has 1 saturated carbocycles. The summed E-state index contributed by atoms with van der Waals surface area (Å²) < 4.78 is 0. The Bertz CT molecular complexity index is 197. The first-order valence-electron chi connectivity index (χ1n) is 4.71. The van der Waals surface area contributed by atoms with E-state index < -0.39 is 0 Å². The van der Waals surface area contributed by atoms with Crippen LogP contribution in [0, 0.1) is 5.41 Å². The molecule has 2 fully saturated rings. The first-order valence-corrected chi connectivity index (χ1v) is 4.71. The minimum absolute atomic E-state index is 0.373. The summed E-state index contributed by atoms with van der Waals surface area (Å²) in [5.74, 6) is 0. The molecule has 2 aliphatic rings. The van der Waals surface area contributed by atoms with E-state index in [9.17, 15) is 0 Å². The molecule has 0 bridgehead atoms. The zero-order valence-corrected chi connectivity index (χ0v) is 8.12. The van der Waals surface area contributed by atoms with Crippen LogP contribution in [0.5, 0.6) is 0 Å². The SMILES string of the molecule is CC1(C)NC2(C)CCCC12C. The minimum Gasteiger partial charge on any atom is -0.305 e. The Morgan fingerprint density at radius 3 is 2.00 bits per heavy atom. The predicted molar refractivity (Wildman–Crippen MR) is 47.6 cm³/mol. The second-order valence-electron chi connectivity index (χ2n) is 5.27. The van der Waals surface area contributed by atoms with Crippen LogP contribution in [0.2, 0.25) is 0 Å². The van der Waals surface area contributed by atoms with Crippen molar-refractivity contribution in [3.63, 3.8) is 0 Å². The summed E-state index contributed by atoms with van der Waals surface area (Å²) in [6.07, 6.45) is 4.18. The summed E-state index contributed by atoms with van der Waals surface area (Å²) in [5.41, 5.74) is 1.38. The molecule has 1 nitrogen and oxygen atoms in total. The van der Waals surface area contributed by atoms with Crippen molar-refractivity contribution in [3.8, 4) is 0 Å². The average Bonchev–Trinajstić information content (AvgIpc) is 2.06. The highest BCUT2D eigenvalue weighted by atomic mass is 15.2. The maximum absolute atomic E-state index is 3.70. The monoisotopic (exact) mass is 153 g/mol. The molecule has 64 valence electrons. The molecule has 1 heterocycles. The van der Waals surface area contributed by atoms with E-state index in [0.717, 1.165) is 0 Å². The average molecular weight is 153 g/mol.